The van der Waals surface area contributed by atoms with Crippen LogP contribution in [0.2, 0.25) is 0 Å². The van der Waals surface area contributed by atoms with Crippen molar-refractivity contribution in [3.05, 3.63) is 0 Å². The maximum absolute atomic E-state index is 13.1. The van der Waals surface area contributed by atoms with Gasteiger partial charge in [-0.2, -0.15) is 0 Å². The Balaban J connectivity index is 2.56. The minimum Gasteiger partial charge on any atom is -0.481 e. The van der Waals surface area contributed by atoms with E-state index in [1.54, 1.807) is 11.9 Å². The monoisotopic (exact) mass is 524 g/mol. The molecule has 1 fully saturated rings. The molecule has 0 radical (unpaired) electrons. The maximum Gasteiger partial charge on any atom is 0.303 e. The number of carboxylic acid groups (broad SMARTS) is 1. The Morgan fingerprint density at radius 3 is 2.19 bits per heavy atom. The summed E-state index contributed by atoms with van der Waals surface area (Å²) in [7, 11) is 1.76. The Labute approximate surface area is 223 Å². The summed E-state index contributed by atoms with van der Waals surface area (Å²) in [5.41, 5.74) is 0. The number of likely N-dealkylation sites (N-methyl/N-ethyl adjacent to an activating group) is 1. The Hall–Kier alpha value is -2.16. The highest BCUT2D eigenvalue weighted by molar-refractivity contribution is 5.92. The second-order valence-corrected chi connectivity index (χ2v) is 11.3. The van der Waals surface area contributed by atoms with Crippen molar-refractivity contribution in [1.82, 2.24) is 20.9 Å². The van der Waals surface area contributed by atoms with Crippen LogP contribution in [0.5, 0.6) is 0 Å². The molecular weight excluding hydrogens is 472 g/mol. The maximum atomic E-state index is 13.1. The van der Waals surface area contributed by atoms with Crippen molar-refractivity contribution >= 4 is 23.7 Å². The Kier molecular flexibility index (Phi) is 16.1. The third-order valence-corrected chi connectivity index (χ3v) is 7.23. The lowest BCUT2D eigenvalue weighted by Crippen LogP contribution is -2.53. The van der Waals surface area contributed by atoms with E-state index in [4.69, 9.17) is 5.11 Å². The number of amides is 3. The van der Waals surface area contributed by atoms with Crippen LogP contribution in [-0.2, 0) is 19.2 Å². The van der Waals surface area contributed by atoms with Crippen molar-refractivity contribution in [2.45, 2.75) is 110 Å². The SMILES string of the molecule is CNCCNC(=O)C(CCC(=O)O)NC(=O)C1CCCN1C(=O)CC(C)CCCC(C)CCCC(C)C. The molecule has 1 heterocycles. The third kappa shape index (κ3) is 13.8. The fourth-order valence-electron chi connectivity index (χ4n) is 4.93. The van der Waals surface area contributed by atoms with Gasteiger partial charge in [0.05, 0.1) is 0 Å². The molecule has 9 heteroatoms. The zero-order valence-corrected chi connectivity index (χ0v) is 23.8. The minimum absolute atomic E-state index is 0.0000532. The summed E-state index contributed by atoms with van der Waals surface area (Å²) in [6.45, 7) is 10.4. The van der Waals surface area contributed by atoms with E-state index in [9.17, 15) is 19.2 Å². The first-order valence-corrected chi connectivity index (χ1v) is 14.3. The summed E-state index contributed by atoms with van der Waals surface area (Å²) < 4.78 is 0. The van der Waals surface area contributed by atoms with Crippen molar-refractivity contribution in [2.24, 2.45) is 17.8 Å². The van der Waals surface area contributed by atoms with Crippen LogP contribution in [0.1, 0.15) is 98.3 Å². The van der Waals surface area contributed by atoms with Gasteiger partial charge in [-0.1, -0.05) is 66.2 Å². The van der Waals surface area contributed by atoms with E-state index >= 15 is 0 Å². The Morgan fingerprint density at radius 1 is 0.919 bits per heavy atom. The lowest BCUT2D eigenvalue weighted by Gasteiger charge is -2.27. The predicted molar refractivity (Wildman–Crippen MR) is 146 cm³/mol. The van der Waals surface area contributed by atoms with E-state index in [0.717, 1.165) is 25.2 Å². The minimum atomic E-state index is -1.03. The van der Waals surface area contributed by atoms with Crippen molar-refractivity contribution in [1.29, 1.82) is 0 Å². The Morgan fingerprint density at radius 2 is 1.57 bits per heavy atom. The molecule has 1 rings (SSSR count). The number of hydrogen-bond donors (Lipinski definition) is 4. The zero-order valence-electron chi connectivity index (χ0n) is 23.8. The number of carbonyl (C=O) groups excluding carboxylic acids is 3. The first kappa shape index (κ1) is 32.9. The molecule has 9 nitrogen and oxygen atoms in total. The first-order valence-electron chi connectivity index (χ1n) is 14.3. The molecule has 4 atom stereocenters. The van der Waals surface area contributed by atoms with Gasteiger partial charge in [0, 0.05) is 32.5 Å². The topological polar surface area (TPSA) is 128 Å². The highest BCUT2D eigenvalue weighted by Crippen LogP contribution is 2.24. The molecule has 0 spiro atoms. The highest BCUT2D eigenvalue weighted by Gasteiger charge is 2.36. The van der Waals surface area contributed by atoms with E-state index in [0.29, 0.717) is 38.4 Å². The van der Waals surface area contributed by atoms with Gasteiger partial charge >= 0.3 is 5.97 Å². The van der Waals surface area contributed by atoms with Gasteiger partial charge in [0.1, 0.15) is 12.1 Å². The van der Waals surface area contributed by atoms with Gasteiger partial charge in [-0.3, -0.25) is 19.2 Å². The predicted octanol–water partition coefficient (Wildman–Crippen LogP) is 3.32. The number of nitrogens with zero attached hydrogens (tertiary/aromatic N) is 1. The second kappa shape index (κ2) is 18.2. The molecule has 0 aromatic rings. The molecule has 4 unspecified atom stereocenters. The lowest BCUT2D eigenvalue weighted by atomic mass is 9.92. The molecule has 3 amide bonds. The lowest BCUT2D eigenvalue weighted by molar-refractivity contribution is -0.140. The van der Waals surface area contributed by atoms with Crippen LogP contribution < -0.4 is 16.0 Å². The normalized spacial score (nSPS) is 17.9. The molecule has 0 aliphatic carbocycles. The van der Waals surface area contributed by atoms with Gasteiger partial charge in [-0.15, -0.1) is 0 Å². The average Bonchev–Trinajstić information content (AvgIpc) is 3.31. The van der Waals surface area contributed by atoms with Gasteiger partial charge in [0.2, 0.25) is 17.7 Å². The van der Waals surface area contributed by atoms with Gasteiger partial charge in [0.15, 0.2) is 0 Å². The first-order chi connectivity index (χ1) is 17.5. The van der Waals surface area contributed by atoms with Crippen LogP contribution in [0, 0.1) is 17.8 Å². The Bertz CT molecular complexity index is 715. The van der Waals surface area contributed by atoms with Gasteiger partial charge in [0.25, 0.3) is 0 Å². The van der Waals surface area contributed by atoms with Crippen LogP contribution in [0.4, 0.5) is 0 Å². The van der Waals surface area contributed by atoms with E-state index < -0.39 is 24.0 Å². The number of hydrogen-bond acceptors (Lipinski definition) is 5. The number of aliphatic carboxylic acids is 1. The number of carboxylic acids is 1. The highest BCUT2D eigenvalue weighted by atomic mass is 16.4. The number of likely N-dealkylation sites (tertiary alicyclic amines) is 1. The molecule has 0 saturated carbocycles. The average molecular weight is 525 g/mol. The van der Waals surface area contributed by atoms with Crippen LogP contribution >= 0.6 is 0 Å². The zero-order chi connectivity index (χ0) is 27.8. The van der Waals surface area contributed by atoms with E-state index in [1.165, 1.54) is 25.7 Å². The van der Waals surface area contributed by atoms with E-state index in [1.807, 2.05) is 0 Å². The van der Waals surface area contributed by atoms with Crippen molar-refractivity contribution in [3.63, 3.8) is 0 Å². The van der Waals surface area contributed by atoms with Crippen molar-refractivity contribution < 1.29 is 24.3 Å². The fraction of sp³-hybridized carbons (Fsp3) is 0.857. The fourth-order valence-corrected chi connectivity index (χ4v) is 4.93. The number of rotatable bonds is 19. The molecule has 4 N–H and O–H groups in total. The van der Waals surface area contributed by atoms with Crippen LogP contribution in [0.3, 0.4) is 0 Å². The third-order valence-electron chi connectivity index (χ3n) is 7.23. The van der Waals surface area contributed by atoms with E-state index in [-0.39, 0.29) is 30.6 Å². The molecule has 37 heavy (non-hydrogen) atoms. The molecule has 1 aliphatic rings. The largest absolute Gasteiger partial charge is 0.481 e. The van der Waals surface area contributed by atoms with E-state index in [2.05, 4.69) is 43.6 Å². The molecular formula is C28H52N4O5. The number of carbonyl (C=O) groups is 4. The van der Waals surface area contributed by atoms with Crippen molar-refractivity contribution in [3.8, 4) is 0 Å². The van der Waals surface area contributed by atoms with Crippen LogP contribution in [0.25, 0.3) is 0 Å². The van der Waals surface area contributed by atoms with Crippen LogP contribution in [0.15, 0.2) is 0 Å². The smallest absolute Gasteiger partial charge is 0.303 e. The second-order valence-electron chi connectivity index (χ2n) is 11.3. The molecule has 1 saturated heterocycles. The van der Waals surface area contributed by atoms with Gasteiger partial charge in [-0.05, 0) is 44.1 Å². The van der Waals surface area contributed by atoms with Gasteiger partial charge in [-0.25, -0.2) is 0 Å². The molecule has 0 bridgehead atoms. The summed E-state index contributed by atoms with van der Waals surface area (Å²) in [4.78, 5) is 51.4. The molecule has 0 aromatic carbocycles. The molecule has 0 aromatic heterocycles. The number of nitrogens with one attached hydrogen (secondary N) is 3. The van der Waals surface area contributed by atoms with Gasteiger partial charge < -0.3 is 26.0 Å². The molecule has 1 aliphatic heterocycles. The van der Waals surface area contributed by atoms with Crippen molar-refractivity contribution in [2.75, 3.05) is 26.7 Å². The summed E-state index contributed by atoms with van der Waals surface area (Å²) in [5, 5.41) is 17.4. The summed E-state index contributed by atoms with van der Waals surface area (Å²) in [6.07, 6.45) is 8.57. The standard InChI is InChI=1S/C28H52N4O5/c1-20(2)9-6-10-21(3)11-7-12-22(4)19-25(33)32-18-8-13-24(32)28(37)31-23(14-15-26(34)35)27(36)30-17-16-29-5/h20-24,29H,6-19H2,1-5H3,(H,30,36)(H,31,37)(H,34,35). The summed E-state index contributed by atoms with van der Waals surface area (Å²) >= 11 is 0. The summed E-state index contributed by atoms with van der Waals surface area (Å²) in [5.74, 6) is -0.125. The molecule has 214 valence electrons. The van der Waals surface area contributed by atoms with Crippen LogP contribution in [-0.4, -0.2) is 72.5 Å². The summed E-state index contributed by atoms with van der Waals surface area (Å²) in [6, 6.07) is -1.56. The quantitative estimate of drug-likeness (QED) is 0.192.